The van der Waals surface area contributed by atoms with Crippen molar-refractivity contribution < 1.29 is 9.69 Å². The van der Waals surface area contributed by atoms with E-state index in [0.717, 1.165) is 35.6 Å². The molecule has 2 aliphatic heterocycles. The average Bonchev–Trinajstić information content (AvgIpc) is 3.19. The Kier molecular flexibility index (Phi) is 3.81. The first-order valence-corrected chi connectivity index (χ1v) is 10.4. The van der Waals surface area contributed by atoms with Crippen LogP contribution < -0.4 is 15.5 Å². The molecule has 6 heteroatoms. The average molecular weight is 382 g/mol. The largest absolute Gasteiger partial charge is 0.353 e. The molecule has 2 atom stereocenters. The van der Waals surface area contributed by atoms with E-state index in [9.17, 15) is 4.79 Å². The van der Waals surface area contributed by atoms with Crippen LogP contribution in [0.3, 0.4) is 0 Å². The van der Waals surface area contributed by atoms with E-state index < -0.39 is 0 Å². The number of hydrogen-bond acceptors (Lipinski definition) is 3. The molecule has 2 aromatic heterocycles. The summed E-state index contributed by atoms with van der Waals surface area (Å²) in [6.07, 6.45) is 2.92. The van der Waals surface area contributed by atoms with Crippen molar-refractivity contribution in [3.8, 4) is 0 Å². The van der Waals surface area contributed by atoms with Crippen LogP contribution in [0.5, 0.6) is 0 Å². The van der Waals surface area contributed by atoms with Crippen LogP contribution in [0, 0.1) is 0 Å². The van der Waals surface area contributed by atoms with Gasteiger partial charge in [0.1, 0.15) is 17.7 Å². The van der Waals surface area contributed by atoms with Gasteiger partial charge in [0.05, 0.1) is 23.0 Å². The lowest BCUT2D eigenvalue weighted by Gasteiger charge is -2.28. The Balaban J connectivity index is 1.53. The number of quaternary nitrogens is 1. The third-order valence-electron chi connectivity index (χ3n) is 6.01. The summed E-state index contributed by atoms with van der Waals surface area (Å²) in [6.45, 7) is 6.68. The molecule has 0 spiro atoms. The van der Waals surface area contributed by atoms with Gasteiger partial charge in [-0.3, -0.25) is 4.79 Å². The van der Waals surface area contributed by atoms with E-state index in [0.29, 0.717) is 6.04 Å². The Morgan fingerprint density at radius 1 is 1.26 bits per heavy atom. The van der Waals surface area contributed by atoms with E-state index >= 15 is 0 Å². The molecule has 1 aromatic carbocycles. The van der Waals surface area contributed by atoms with E-state index in [1.165, 1.54) is 21.3 Å². The molecule has 0 saturated heterocycles. The van der Waals surface area contributed by atoms with Crippen molar-refractivity contribution in [2.24, 2.45) is 7.05 Å². The number of nitrogens with one attached hydrogen (secondary N) is 3. The van der Waals surface area contributed by atoms with Crippen molar-refractivity contribution in [1.82, 2.24) is 9.88 Å². The van der Waals surface area contributed by atoms with Gasteiger partial charge in [-0.25, -0.2) is 0 Å². The maximum absolute atomic E-state index is 13.0. The van der Waals surface area contributed by atoms with Gasteiger partial charge in [-0.15, -0.1) is 11.3 Å². The van der Waals surface area contributed by atoms with Crippen molar-refractivity contribution in [2.45, 2.75) is 39.0 Å². The van der Waals surface area contributed by atoms with Crippen LogP contribution in [-0.4, -0.2) is 23.1 Å². The maximum atomic E-state index is 13.0. The van der Waals surface area contributed by atoms with Crippen LogP contribution in [0.15, 0.2) is 30.5 Å². The van der Waals surface area contributed by atoms with E-state index in [2.05, 4.69) is 60.5 Å². The summed E-state index contributed by atoms with van der Waals surface area (Å²) in [5.74, 6) is 0.0622. The van der Waals surface area contributed by atoms with Crippen LogP contribution in [0.2, 0.25) is 0 Å². The quantitative estimate of drug-likeness (QED) is 0.639. The lowest BCUT2D eigenvalue weighted by atomic mass is 9.99. The molecular weight excluding hydrogens is 356 g/mol. The summed E-state index contributed by atoms with van der Waals surface area (Å²) in [6, 6.07) is 8.95. The van der Waals surface area contributed by atoms with E-state index in [1.54, 1.807) is 16.2 Å². The number of amides is 1. The minimum Gasteiger partial charge on any atom is -0.353 e. The Morgan fingerprint density at radius 3 is 2.89 bits per heavy atom. The van der Waals surface area contributed by atoms with Crippen LogP contribution in [0.25, 0.3) is 10.9 Å². The van der Waals surface area contributed by atoms with Gasteiger partial charge in [0.15, 0.2) is 0 Å². The molecule has 1 unspecified atom stereocenters. The lowest BCUT2D eigenvalue weighted by molar-refractivity contribution is -0.936. The Labute approximate surface area is 163 Å². The Morgan fingerprint density at radius 2 is 2.07 bits per heavy atom. The molecule has 4 heterocycles. The topological polar surface area (TPSA) is 50.5 Å². The van der Waals surface area contributed by atoms with Gasteiger partial charge in [0.25, 0.3) is 5.91 Å². The van der Waals surface area contributed by atoms with Crippen molar-refractivity contribution in [1.29, 1.82) is 0 Å². The number of anilines is 1. The van der Waals surface area contributed by atoms with Gasteiger partial charge in [-0.2, -0.15) is 0 Å². The lowest BCUT2D eigenvalue weighted by Crippen LogP contribution is -3.14. The zero-order valence-corrected chi connectivity index (χ0v) is 16.7. The van der Waals surface area contributed by atoms with Crippen LogP contribution >= 0.6 is 11.3 Å². The highest BCUT2D eigenvalue weighted by molar-refractivity contribution is 7.16. The number of rotatable bonds is 2. The van der Waals surface area contributed by atoms with E-state index in [4.69, 9.17) is 0 Å². The van der Waals surface area contributed by atoms with Crippen molar-refractivity contribution >= 4 is 33.1 Å². The first kappa shape index (κ1) is 16.8. The van der Waals surface area contributed by atoms with Gasteiger partial charge >= 0.3 is 0 Å². The van der Waals surface area contributed by atoms with E-state index in [-0.39, 0.29) is 12.1 Å². The molecule has 0 fully saturated rings. The predicted molar refractivity (Wildman–Crippen MR) is 109 cm³/mol. The van der Waals surface area contributed by atoms with Crippen molar-refractivity contribution in [2.75, 3.05) is 11.9 Å². The smallest absolute Gasteiger partial charge is 0.256 e. The summed E-state index contributed by atoms with van der Waals surface area (Å²) in [5, 5.41) is 9.03. The number of hydrogen-bond donors (Lipinski definition) is 3. The highest BCUT2D eigenvalue weighted by Crippen LogP contribution is 2.40. The molecule has 3 N–H and O–H groups in total. The van der Waals surface area contributed by atoms with Crippen molar-refractivity contribution in [3.63, 3.8) is 0 Å². The molecule has 3 aromatic rings. The second-order valence-electron chi connectivity index (χ2n) is 7.96. The third-order valence-corrected chi connectivity index (χ3v) is 7.17. The standard InChI is InChI=1S/C21H24N4OS/c1-12(2)25-9-8-14-17(11-25)27-21-18(14)20(26)22-19(23-21)15-10-24(3)16-7-5-4-6-13(15)16/h4-7,10,12,19,23H,8-9,11H2,1-3H3,(H,22,26)/p+1/t19-/m1/s1. The number of fused-ring (bicyclic) bond motifs is 4. The van der Waals surface area contributed by atoms with Crippen LogP contribution in [-0.2, 0) is 20.0 Å². The number of nitrogens with zero attached hydrogens (tertiary/aromatic N) is 1. The molecule has 0 bridgehead atoms. The van der Waals surface area contributed by atoms with Gasteiger partial charge < -0.3 is 20.1 Å². The number of thiophene rings is 1. The number of aryl methyl sites for hydroxylation is 1. The molecule has 5 rings (SSSR count). The summed E-state index contributed by atoms with van der Waals surface area (Å²) in [7, 11) is 2.05. The molecule has 0 saturated carbocycles. The second-order valence-corrected chi connectivity index (χ2v) is 9.07. The van der Waals surface area contributed by atoms with Crippen LogP contribution in [0.1, 0.15) is 46.4 Å². The second kappa shape index (κ2) is 6.11. The first-order chi connectivity index (χ1) is 13.0. The number of para-hydroxylation sites is 1. The fourth-order valence-electron chi connectivity index (χ4n) is 4.46. The highest BCUT2D eigenvalue weighted by Gasteiger charge is 2.35. The number of carbonyl (C=O) groups is 1. The minimum atomic E-state index is -0.190. The molecule has 2 aliphatic rings. The molecule has 5 nitrogen and oxygen atoms in total. The maximum Gasteiger partial charge on any atom is 0.256 e. The SMILES string of the molecule is CC(C)[NH+]1CCc2c(sc3c2C(=O)N[C@@H](c2cn(C)c4ccccc24)N3)C1. The van der Waals surface area contributed by atoms with E-state index in [1.807, 2.05) is 6.07 Å². The number of carbonyl (C=O) groups excluding carboxylic acids is 1. The molecular formula is C21H25N4OS+. The normalized spacial score (nSPS) is 21.7. The Hall–Kier alpha value is -2.31. The summed E-state index contributed by atoms with van der Waals surface area (Å²) < 4.78 is 2.12. The number of aromatic nitrogens is 1. The predicted octanol–water partition coefficient (Wildman–Crippen LogP) is 2.44. The fraction of sp³-hybridized carbons (Fsp3) is 0.381. The zero-order valence-electron chi connectivity index (χ0n) is 15.9. The van der Waals surface area contributed by atoms with Gasteiger partial charge in [-0.1, -0.05) is 18.2 Å². The molecule has 140 valence electrons. The third kappa shape index (κ3) is 2.58. The molecule has 0 aliphatic carbocycles. The highest BCUT2D eigenvalue weighted by atomic mass is 32.1. The minimum absolute atomic E-state index is 0.0622. The van der Waals surface area contributed by atoms with Gasteiger partial charge in [-0.05, 0) is 25.5 Å². The first-order valence-electron chi connectivity index (χ1n) is 9.63. The molecule has 0 radical (unpaired) electrons. The number of benzene rings is 1. The van der Waals surface area contributed by atoms with Crippen LogP contribution in [0.4, 0.5) is 5.00 Å². The van der Waals surface area contributed by atoms with Crippen molar-refractivity contribution in [3.05, 3.63) is 52.0 Å². The summed E-state index contributed by atoms with van der Waals surface area (Å²) >= 11 is 1.77. The monoisotopic (exact) mass is 381 g/mol. The fourth-order valence-corrected chi connectivity index (χ4v) is 5.79. The van der Waals surface area contributed by atoms with Gasteiger partial charge in [0.2, 0.25) is 0 Å². The van der Waals surface area contributed by atoms with Gasteiger partial charge in [0, 0.05) is 36.1 Å². The molecule has 1 amide bonds. The molecule has 27 heavy (non-hydrogen) atoms. The Bertz CT molecular complexity index is 1050. The zero-order chi connectivity index (χ0) is 18.7. The summed E-state index contributed by atoms with van der Waals surface area (Å²) in [4.78, 5) is 16.0. The summed E-state index contributed by atoms with van der Waals surface area (Å²) in [5.41, 5.74) is 4.44.